The predicted octanol–water partition coefficient (Wildman–Crippen LogP) is 3.40. The molecule has 0 saturated carbocycles. The van der Waals surface area contributed by atoms with Gasteiger partial charge in [-0.25, -0.2) is 0 Å². The second-order valence-electron chi connectivity index (χ2n) is 3.39. The summed E-state index contributed by atoms with van der Waals surface area (Å²) in [5.41, 5.74) is 3.13. The highest BCUT2D eigenvalue weighted by molar-refractivity contribution is 8.27. The van der Waals surface area contributed by atoms with Crippen molar-refractivity contribution in [2.24, 2.45) is 0 Å². The minimum Gasteiger partial charge on any atom is -0.291 e. The molecule has 1 heterocycles. The Labute approximate surface area is 79.3 Å². The molecule has 2 N–H and O–H groups in total. The molecule has 2 nitrogen and oxygen atoms in total. The Balaban J connectivity index is 2.71. The van der Waals surface area contributed by atoms with Crippen molar-refractivity contribution in [3.63, 3.8) is 0 Å². The average molecular weight is 196 g/mol. The maximum atomic E-state index is 9.65. The molecule has 1 aliphatic rings. The van der Waals surface area contributed by atoms with E-state index >= 15 is 0 Å². The van der Waals surface area contributed by atoms with E-state index in [1.165, 1.54) is 5.41 Å². The number of rotatable bonds is 0. The highest BCUT2D eigenvalue weighted by atomic mass is 32.3. The largest absolute Gasteiger partial charge is 0.291 e. The van der Waals surface area contributed by atoms with Gasteiger partial charge in [0.05, 0.1) is 4.90 Å². The standard InChI is InChI=1S/C10H12O2S/c1-7-5-8(2)9-3-4-13(11,12)10(9)6-7/h3-6,11-12H,1-2H3. The van der Waals surface area contributed by atoms with Gasteiger partial charge in [-0.05, 0) is 37.1 Å². The summed E-state index contributed by atoms with van der Waals surface area (Å²) in [4.78, 5) is 0.671. The van der Waals surface area contributed by atoms with Crippen molar-refractivity contribution < 1.29 is 9.11 Å². The first-order valence-corrected chi connectivity index (χ1v) is 5.69. The van der Waals surface area contributed by atoms with Gasteiger partial charge in [0.2, 0.25) is 0 Å². The van der Waals surface area contributed by atoms with Gasteiger partial charge in [-0.3, -0.25) is 9.11 Å². The van der Waals surface area contributed by atoms with E-state index in [-0.39, 0.29) is 0 Å². The lowest BCUT2D eigenvalue weighted by molar-refractivity contribution is 0.500. The van der Waals surface area contributed by atoms with Gasteiger partial charge in [0.25, 0.3) is 0 Å². The molecule has 3 heteroatoms. The van der Waals surface area contributed by atoms with Gasteiger partial charge in [0, 0.05) is 11.0 Å². The molecule has 0 bridgehead atoms. The van der Waals surface area contributed by atoms with Gasteiger partial charge in [-0.2, -0.15) is 0 Å². The number of hydrogen-bond acceptors (Lipinski definition) is 2. The van der Waals surface area contributed by atoms with Gasteiger partial charge in [0.15, 0.2) is 0 Å². The molecule has 1 aliphatic heterocycles. The first-order valence-electron chi connectivity index (χ1n) is 4.08. The molecule has 0 unspecified atom stereocenters. The lowest BCUT2D eigenvalue weighted by Crippen LogP contribution is -1.94. The summed E-state index contributed by atoms with van der Waals surface area (Å²) in [5, 5.41) is 1.49. The number of aryl methyl sites for hydroxylation is 2. The zero-order chi connectivity index (χ0) is 9.64. The van der Waals surface area contributed by atoms with Crippen molar-refractivity contribution >= 4 is 16.7 Å². The third kappa shape index (κ3) is 1.29. The molecule has 0 aliphatic carbocycles. The van der Waals surface area contributed by atoms with Gasteiger partial charge in [-0.1, -0.05) is 6.07 Å². The van der Waals surface area contributed by atoms with Crippen molar-refractivity contribution in [1.29, 1.82) is 0 Å². The first-order chi connectivity index (χ1) is 6.00. The maximum Gasteiger partial charge on any atom is 0.0708 e. The van der Waals surface area contributed by atoms with E-state index in [2.05, 4.69) is 0 Å². The molecule has 0 amide bonds. The lowest BCUT2D eigenvalue weighted by atomic mass is 10.1. The Morgan fingerprint density at radius 2 is 1.85 bits per heavy atom. The van der Waals surface area contributed by atoms with E-state index in [0.717, 1.165) is 16.7 Å². The van der Waals surface area contributed by atoms with E-state index in [1.54, 1.807) is 6.08 Å². The SMILES string of the molecule is Cc1cc(C)c2c(c1)S(O)(O)C=C2. The lowest BCUT2D eigenvalue weighted by Gasteiger charge is -2.26. The maximum absolute atomic E-state index is 9.65. The molecule has 0 fully saturated rings. The van der Waals surface area contributed by atoms with Crippen LogP contribution in [-0.2, 0) is 0 Å². The summed E-state index contributed by atoms with van der Waals surface area (Å²) >= 11 is 0. The van der Waals surface area contributed by atoms with E-state index in [9.17, 15) is 9.11 Å². The van der Waals surface area contributed by atoms with E-state index in [0.29, 0.717) is 4.90 Å². The zero-order valence-electron chi connectivity index (χ0n) is 7.61. The van der Waals surface area contributed by atoms with Crippen LogP contribution in [0.1, 0.15) is 16.7 Å². The quantitative estimate of drug-likeness (QED) is 0.667. The summed E-state index contributed by atoms with van der Waals surface area (Å²) in [6.07, 6.45) is 1.79. The van der Waals surface area contributed by atoms with Crippen molar-refractivity contribution in [3.8, 4) is 0 Å². The van der Waals surface area contributed by atoms with E-state index in [4.69, 9.17) is 0 Å². The molecule has 1 aromatic carbocycles. The third-order valence-corrected chi connectivity index (χ3v) is 3.74. The smallest absolute Gasteiger partial charge is 0.0708 e. The van der Waals surface area contributed by atoms with Crippen LogP contribution in [-0.4, -0.2) is 9.11 Å². The molecule has 1 aromatic rings. The fourth-order valence-electron chi connectivity index (χ4n) is 1.64. The Hall–Kier alpha value is -0.770. The molecule has 13 heavy (non-hydrogen) atoms. The predicted molar refractivity (Wildman–Crippen MR) is 56.1 cm³/mol. The average Bonchev–Trinajstić information content (AvgIpc) is 2.28. The van der Waals surface area contributed by atoms with Crippen molar-refractivity contribution in [3.05, 3.63) is 34.2 Å². The van der Waals surface area contributed by atoms with Crippen LogP contribution in [0.4, 0.5) is 0 Å². The molecular formula is C10H12O2S. The normalized spacial score (nSPS) is 20.0. The molecule has 0 spiro atoms. The fourth-order valence-corrected chi connectivity index (χ4v) is 3.02. The highest BCUT2D eigenvalue weighted by Gasteiger charge is 2.22. The fraction of sp³-hybridized carbons (Fsp3) is 0.200. The monoisotopic (exact) mass is 196 g/mol. The van der Waals surface area contributed by atoms with Crippen LogP contribution in [0.25, 0.3) is 6.08 Å². The van der Waals surface area contributed by atoms with Crippen LogP contribution >= 0.6 is 10.6 Å². The first kappa shape index (κ1) is 8.81. The Morgan fingerprint density at radius 3 is 2.54 bits per heavy atom. The molecule has 0 radical (unpaired) electrons. The van der Waals surface area contributed by atoms with Crippen LogP contribution in [0.15, 0.2) is 22.4 Å². The van der Waals surface area contributed by atoms with Gasteiger partial charge in [-0.15, -0.1) is 10.6 Å². The van der Waals surface area contributed by atoms with E-state index < -0.39 is 10.6 Å². The number of hydrogen-bond donors (Lipinski definition) is 2. The summed E-state index contributed by atoms with van der Waals surface area (Å²) in [5.74, 6) is 0. The van der Waals surface area contributed by atoms with Crippen molar-refractivity contribution in [1.82, 2.24) is 0 Å². The number of benzene rings is 1. The Kier molecular flexibility index (Phi) is 1.77. The zero-order valence-corrected chi connectivity index (χ0v) is 8.43. The number of fused-ring (bicyclic) bond motifs is 1. The molecule has 0 saturated heterocycles. The second kappa shape index (κ2) is 2.61. The Morgan fingerprint density at radius 1 is 1.15 bits per heavy atom. The summed E-state index contributed by atoms with van der Waals surface area (Å²) in [6, 6.07) is 3.89. The van der Waals surface area contributed by atoms with Crippen molar-refractivity contribution in [2.45, 2.75) is 18.7 Å². The van der Waals surface area contributed by atoms with E-state index in [1.807, 2.05) is 26.0 Å². The van der Waals surface area contributed by atoms with Gasteiger partial charge in [0.1, 0.15) is 0 Å². The van der Waals surface area contributed by atoms with Crippen LogP contribution in [0.3, 0.4) is 0 Å². The van der Waals surface area contributed by atoms with Crippen LogP contribution in [0.2, 0.25) is 0 Å². The second-order valence-corrected chi connectivity index (χ2v) is 5.29. The Bertz CT molecular complexity index is 394. The summed E-state index contributed by atoms with van der Waals surface area (Å²) < 4.78 is 19.3. The molecule has 0 atom stereocenters. The van der Waals surface area contributed by atoms with Gasteiger partial charge < -0.3 is 0 Å². The summed E-state index contributed by atoms with van der Waals surface area (Å²) in [7, 11) is -2.63. The minimum atomic E-state index is -2.63. The third-order valence-electron chi connectivity index (χ3n) is 2.24. The molecular weight excluding hydrogens is 184 g/mol. The van der Waals surface area contributed by atoms with Gasteiger partial charge >= 0.3 is 0 Å². The highest BCUT2D eigenvalue weighted by Crippen LogP contribution is 2.56. The molecule has 2 rings (SSSR count). The summed E-state index contributed by atoms with van der Waals surface area (Å²) in [6.45, 7) is 3.94. The molecule has 0 aromatic heterocycles. The van der Waals surface area contributed by atoms with Crippen LogP contribution < -0.4 is 0 Å². The van der Waals surface area contributed by atoms with Crippen molar-refractivity contribution in [2.75, 3.05) is 0 Å². The van der Waals surface area contributed by atoms with Crippen LogP contribution in [0.5, 0.6) is 0 Å². The minimum absolute atomic E-state index is 0.671. The van der Waals surface area contributed by atoms with Crippen LogP contribution in [0, 0.1) is 13.8 Å². The molecule has 70 valence electrons. The topological polar surface area (TPSA) is 40.5 Å².